The zero-order valence-corrected chi connectivity index (χ0v) is 12.8. The molecule has 2 nitrogen and oxygen atoms in total. The molecule has 0 aliphatic carbocycles. The van der Waals surface area contributed by atoms with Gasteiger partial charge >= 0.3 is 0 Å². The molecule has 0 amide bonds. The standard InChI is InChI=1S/C22H13NO/c1-2-6-14-13(5-1)9-10-16-20(14)22-17(23-16)11-12-19-21(22)15-7-3-4-8-18(15)24-19/h1-12,23H. The Bertz CT molecular complexity index is 1400. The first-order valence-corrected chi connectivity index (χ1v) is 8.13. The maximum atomic E-state index is 6.08. The molecule has 0 saturated carbocycles. The van der Waals surface area contributed by atoms with E-state index in [0.717, 1.165) is 16.7 Å². The molecule has 2 heterocycles. The van der Waals surface area contributed by atoms with Gasteiger partial charge in [0, 0.05) is 32.6 Å². The number of furan rings is 1. The van der Waals surface area contributed by atoms with Crippen LogP contribution in [0.2, 0.25) is 0 Å². The van der Waals surface area contributed by atoms with Crippen LogP contribution < -0.4 is 0 Å². The molecule has 0 aliphatic heterocycles. The molecule has 2 aromatic heterocycles. The summed E-state index contributed by atoms with van der Waals surface area (Å²) in [5.74, 6) is 0. The van der Waals surface area contributed by atoms with E-state index < -0.39 is 0 Å². The summed E-state index contributed by atoms with van der Waals surface area (Å²) < 4.78 is 6.08. The van der Waals surface area contributed by atoms with Crippen LogP contribution in [-0.4, -0.2) is 4.98 Å². The lowest BCUT2D eigenvalue weighted by molar-refractivity contribution is 0.669. The van der Waals surface area contributed by atoms with Gasteiger partial charge in [0.1, 0.15) is 11.2 Å². The molecule has 0 radical (unpaired) electrons. The van der Waals surface area contributed by atoms with Gasteiger partial charge in [-0.3, -0.25) is 0 Å². The van der Waals surface area contributed by atoms with Crippen LogP contribution >= 0.6 is 0 Å². The number of fused-ring (bicyclic) bond motifs is 9. The number of benzene rings is 4. The van der Waals surface area contributed by atoms with E-state index in [4.69, 9.17) is 4.42 Å². The van der Waals surface area contributed by atoms with E-state index in [1.165, 1.54) is 37.8 Å². The topological polar surface area (TPSA) is 28.9 Å². The molecule has 0 bridgehead atoms. The summed E-state index contributed by atoms with van der Waals surface area (Å²) in [7, 11) is 0. The second kappa shape index (κ2) is 4.18. The first kappa shape index (κ1) is 12.2. The fraction of sp³-hybridized carbons (Fsp3) is 0. The molecule has 112 valence electrons. The number of hydrogen-bond acceptors (Lipinski definition) is 1. The fourth-order valence-corrected chi connectivity index (χ4v) is 3.97. The van der Waals surface area contributed by atoms with Gasteiger partial charge in [0.05, 0.1) is 0 Å². The van der Waals surface area contributed by atoms with Crippen molar-refractivity contribution in [3.8, 4) is 0 Å². The van der Waals surface area contributed by atoms with Crippen molar-refractivity contribution in [2.75, 3.05) is 0 Å². The van der Waals surface area contributed by atoms with Crippen molar-refractivity contribution in [2.45, 2.75) is 0 Å². The predicted molar refractivity (Wildman–Crippen MR) is 101 cm³/mol. The lowest BCUT2D eigenvalue weighted by Gasteiger charge is -2.01. The predicted octanol–water partition coefficient (Wildman–Crippen LogP) is 6.37. The summed E-state index contributed by atoms with van der Waals surface area (Å²) in [6.07, 6.45) is 0. The molecule has 1 N–H and O–H groups in total. The van der Waals surface area contributed by atoms with Gasteiger partial charge in [-0.2, -0.15) is 0 Å². The van der Waals surface area contributed by atoms with Crippen LogP contribution in [0.1, 0.15) is 0 Å². The Morgan fingerprint density at radius 2 is 1.29 bits per heavy atom. The van der Waals surface area contributed by atoms with Gasteiger partial charge < -0.3 is 9.40 Å². The van der Waals surface area contributed by atoms with Crippen molar-refractivity contribution in [1.82, 2.24) is 4.98 Å². The number of H-pyrrole nitrogens is 1. The van der Waals surface area contributed by atoms with Gasteiger partial charge in [-0.15, -0.1) is 0 Å². The monoisotopic (exact) mass is 307 g/mol. The first-order chi connectivity index (χ1) is 11.9. The molecule has 0 atom stereocenters. The highest BCUT2D eigenvalue weighted by Crippen LogP contribution is 2.40. The Labute approximate surface area is 137 Å². The van der Waals surface area contributed by atoms with Gasteiger partial charge in [-0.05, 0) is 35.0 Å². The first-order valence-electron chi connectivity index (χ1n) is 8.13. The average Bonchev–Trinajstić information content (AvgIpc) is 3.19. The number of para-hydroxylation sites is 1. The number of hydrogen-bond donors (Lipinski definition) is 1. The number of nitrogens with one attached hydrogen (secondary N) is 1. The maximum absolute atomic E-state index is 6.08. The van der Waals surface area contributed by atoms with E-state index >= 15 is 0 Å². The van der Waals surface area contributed by atoms with Gasteiger partial charge in [0.2, 0.25) is 0 Å². The van der Waals surface area contributed by atoms with Crippen LogP contribution in [-0.2, 0) is 0 Å². The Hall–Kier alpha value is -3.26. The second-order valence-corrected chi connectivity index (χ2v) is 6.29. The molecular weight excluding hydrogens is 294 g/mol. The van der Waals surface area contributed by atoms with E-state index in [0.29, 0.717) is 0 Å². The van der Waals surface area contributed by atoms with Crippen LogP contribution in [0.25, 0.3) is 54.5 Å². The Kier molecular flexibility index (Phi) is 2.12. The smallest absolute Gasteiger partial charge is 0.136 e. The molecule has 4 aromatic carbocycles. The third kappa shape index (κ3) is 1.41. The molecule has 0 spiro atoms. The van der Waals surface area contributed by atoms with Crippen molar-refractivity contribution in [3.63, 3.8) is 0 Å². The Balaban J connectivity index is 2.01. The third-order valence-corrected chi connectivity index (χ3v) is 4.99. The van der Waals surface area contributed by atoms with Crippen LogP contribution in [0.15, 0.2) is 77.2 Å². The van der Waals surface area contributed by atoms with Crippen LogP contribution in [0, 0.1) is 0 Å². The highest BCUT2D eigenvalue weighted by molar-refractivity contribution is 6.31. The molecule has 0 fully saturated rings. The van der Waals surface area contributed by atoms with Gasteiger partial charge in [0.15, 0.2) is 0 Å². The Morgan fingerprint density at radius 3 is 2.25 bits per heavy atom. The quantitative estimate of drug-likeness (QED) is 0.347. The molecule has 0 aliphatic rings. The minimum absolute atomic E-state index is 0.939. The highest BCUT2D eigenvalue weighted by Gasteiger charge is 2.15. The van der Waals surface area contributed by atoms with Gasteiger partial charge in [-0.1, -0.05) is 48.5 Å². The molecule has 24 heavy (non-hydrogen) atoms. The van der Waals surface area contributed by atoms with E-state index in [9.17, 15) is 0 Å². The summed E-state index contributed by atoms with van der Waals surface area (Å²) in [5.41, 5.74) is 4.20. The maximum Gasteiger partial charge on any atom is 0.136 e. The van der Waals surface area contributed by atoms with Crippen molar-refractivity contribution in [3.05, 3.63) is 72.8 Å². The second-order valence-electron chi connectivity index (χ2n) is 6.29. The SMILES string of the molecule is c1ccc2c(c1)ccc1[nH]c3ccc4oc5ccccc5c4c3c12. The highest BCUT2D eigenvalue weighted by atomic mass is 16.3. The van der Waals surface area contributed by atoms with Gasteiger partial charge in [-0.25, -0.2) is 0 Å². The lowest BCUT2D eigenvalue weighted by Crippen LogP contribution is -1.75. The number of aromatic nitrogens is 1. The lowest BCUT2D eigenvalue weighted by atomic mass is 10.0. The fourth-order valence-electron chi connectivity index (χ4n) is 3.97. The summed E-state index contributed by atoms with van der Waals surface area (Å²) >= 11 is 0. The summed E-state index contributed by atoms with van der Waals surface area (Å²) in [6, 6.07) is 25.4. The van der Waals surface area contributed by atoms with Crippen LogP contribution in [0.4, 0.5) is 0 Å². The molecular formula is C22H13NO. The van der Waals surface area contributed by atoms with Gasteiger partial charge in [0.25, 0.3) is 0 Å². The van der Waals surface area contributed by atoms with Crippen molar-refractivity contribution < 1.29 is 4.42 Å². The third-order valence-electron chi connectivity index (χ3n) is 4.99. The largest absolute Gasteiger partial charge is 0.456 e. The molecule has 6 aromatic rings. The zero-order valence-electron chi connectivity index (χ0n) is 12.8. The summed E-state index contributed by atoms with van der Waals surface area (Å²) in [5, 5.41) is 7.44. The Morgan fingerprint density at radius 1 is 0.542 bits per heavy atom. The van der Waals surface area contributed by atoms with Crippen LogP contribution in [0.5, 0.6) is 0 Å². The van der Waals surface area contributed by atoms with E-state index in [1.54, 1.807) is 0 Å². The van der Waals surface area contributed by atoms with E-state index in [-0.39, 0.29) is 0 Å². The molecule has 0 saturated heterocycles. The van der Waals surface area contributed by atoms with Crippen molar-refractivity contribution in [2.24, 2.45) is 0 Å². The normalized spacial score (nSPS) is 12.2. The molecule has 0 unspecified atom stereocenters. The number of aromatic amines is 1. The van der Waals surface area contributed by atoms with Crippen molar-refractivity contribution in [1.29, 1.82) is 0 Å². The van der Waals surface area contributed by atoms with E-state index in [2.05, 4.69) is 65.6 Å². The summed E-state index contributed by atoms with van der Waals surface area (Å²) in [4.78, 5) is 3.58. The molecule has 2 heteroatoms. The minimum Gasteiger partial charge on any atom is -0.456 e. The van der Waals surface area contributed by atoms with Crippen LogP contribution in [0.3, 0.4) is 0 Å². The average molecular weight is 307 g/mol. The van der Waals surface area contributed by atoms with E-state index in [1.807, 2.05) is 12.1 Å². The van der Waals surface area contributed by atoms with Crippen molar-refractivity contribution >= 4 is 54.5 Å². The number of rotatable bonds is 0. The molecule has 6 rings (SSSR count). The minimum atomic E-state index is 0.939. The summed E-state index contributed by atoms with van der Waals surface area (Å²) in [6.45, 7) is 0. The zero-order chi connectivity index (χ0) is 15.7.